The Morgan fingerprint density at radius 1 is 1.41 bits per heavy atom. The van der Waals surface area contributed by atoms with Crippen molar-refractivity contribution in [2.45, 2.75) is 32.7 Å². The van der Waals surface area contributed by atoms with Gasteiger partial charge in [0.1, 0.15) is 0 Å². The highest BCUT2D eigenvalue weighted by molar-refractivity contribution is 7.93. The van der Waals surface area contributed by atoms with Gasteiger partial charge in [0.2, 0.25) is 15.9 Å². The molecule has 2 rings (SSSR count). The molecule has 1 aromatic rings. The Hall–Kier alpha value is -1.60. The van der Waals surface area contributed by atoms with Crippen LogP contribution >= 0.6 is 0 Å². The van der Waals surface area contributed by atoms with E-state index < -0.39 is 16.1 Å². The minimum Gasteiger partial charge on any atom is -0.325 e. The fourth-order valence-corrected chi connectivity index (χ4v) is 4.07. The van der Waals surface area contributed by atoms with Crippen molar-refractivity contribution in [2.24, 2.45) is 11.7 Å². The summed E-state index contributed by atoms with van der Waals surface area (Å²) in [6.07, 6.45) is 1.23. The molecule has 0 spiro atoms. The number of rotatable bonds is 5. The van der Waals surface area contributed by atoms with Gasteiger partial charge in [-0.1, -0.05) is 19.9 Å². The summed E-state index contributed by atoms with van der Waals surface area (Å²) in [7, 11) is -3.22. The molecule has 22 heavy (non-hydrogen) atoms. The highest BCUT2D eigenvalue weighted by atomic mass is 32.2. The van der Waals surface area contributed by atoms with Crippen molar-refractivity contribution in [3.05, 3.63) is 24.3 Å². The summed E-state index contributed by atoms with van der Waals surface area (Å²) >= 11 is 0. The van der Waals surface area contributed by atoms with Gasteiger partial charge in [-0.2, -0.15) is 0 Å². The van der Waals surface area contributed by atoms with E-state index in [-0.39, 0.29) is 11.7 Å². The average Bonchev–Trinajstić information content (AvgIpc) is 2.77. The van der Waals surface area contributed by atoms with Crippen molar-refractivity contribution < 1.29 is 13.2 Å². The van der Waals surface area contributed by atoms with Crippen LogP contribution in [0.4, 0.5) is 11.4 Å². The van der Waals surface area contributed by atoms with Crippen LogP contribution in [0.1, 0.15) is 26.7 Å². The number of hydrogen-bond donors (Lipinski definition) is 2. The van der Waals surface area contributed by atoms with E-state index >= 15 is 0 Å². The minimum atomic E-state index is -3.22. The van der Waals surface area contributed by atoms with Gasteiger partial charge in [-0.15, -0.1) is 0 Å². The quantitative estimate of drug-likeness (QED) is 0.859. The molecule has 0 bridgehead atoms. The smallest absolute Gasteiger partial charge is 0.241 e. The van der Waals surface area contributed by atoms with Crippen LogP contribution in [0.5, 0.6) is 0 Å². The van der Waals surface area contributed by atoms with E-state index in [9.17, 15) is 13.2 Å². The van der Waals surface area contributed by atoms with Crippen molar-refractivity contribution in [2.75, 3.05) is 21.9 Å². The zero-order chi connectivity index (χ0) is 16.3. The Kier molecular flexibility index (Phi) is 5.08. The maximum Gasteiger partial charge on any atom is 0.241 e. The highest BCUT2D eigenvalue weighted by Gasteiger charge is 2.28. The second-order valence-electron chi connectivity index (χ2n) is 6.02. The van der Waals surface area contributed by atoms with Gasteiger partial charge in [-0.3, -0.25) is 9.10 Å². The first kappa shape index (κ1) is 16.8. The third-order valence-electron chi connectivity index (χ3n) is 3.56. The number of nitrogens with zero attached hydrogens (tertiary/aromatic N) is 1. The van der Waals surface area contributed by atoms with Crippen LogP contribution in [0.25, 0.3) is 0 Å². The molecule has 7 heteroatoms. The molecule has 1 amide bonds. The van der Waals surface area contributed by atoms with E-state index in [4.69, 9.17) is 5.73 Å². The monoisotopic (exact) mass is 325 g/mol. The molecular formula is C15H23N3O3S. The number of hydrogen-bond acceptors (Lipinski definition) is 4. The first-order valence-electron chi connectivity index (χ1n) is 7.46. The number of anilines is 2. The van der Waals surface area contributed by atoms with Gasteiger partial charge in [0.25, 0.3) is 0 Å². The molecule has 1 fully saturated rings. The van der Waals surface area contributed by atoms with Crippen LogP contribution in [-0.2, 0) is 14.8 Å². The van der Waals surface area contributed by atoms with E-state index in [1.165, 1.54) is 4.31 Å². The average molecular weight is 325 g/mol. The second kappa shape index (κ2) is 6.66. The highest BCUT2D eigenvalue weighted by Crippen LogP contribution is 2.26. The SMILES string of the molecule is CC(C)C[C@H](N)C(=O)Nc1cccc(N2CCCS2(=O)=O)c1. The van der Waals surface area contributed by atoms with Crippen LogP contribution in [0.3, 0.4) is 0 Å². The Morgan fingerprint density at radius 3 is 2.73 bits per heavy atom. The lowest BCUT2D eigenvalue weighted by Crippen LogP contribution is -2.36. The molecule has 1 aliphatic rings. The Bertz CT molecular complexity index is 643. The first-order chi connectivity index (χ1) is 10.3. The zero-order valence-corrected chi connectivity index (χ0v) is 13.8. The van der Waals surface area contributed by atoms with Crippen molar-refractivity contribution in [3.63, 3.8) is 0 Å². The minimum absolute atomic E-state index is 0.169. The van der Waals surface area contributed by atoms with Gasteiger partial charge in [0.15, 0.2) is 0 Å². The van der Waals surface area contributed by atoms with Crippen LogP contribution in [0.2, 0.25) is 0 Å². The molecule has 0 aliphatic carbocycles. The van der Waals surface area contributed by atoms with Gasteiger partial charge in [-0.25, -0.2) is 8.42 Å². The Labute approximate surface area is 131 Å². The molecule has 1 aromatic carbocycles. The van der Waals surface area contributed by atoms with E-state index in [0.29, 0.717) is 36.7 Å². The number of nitrogens with two attached hydrogens (primary N) is 1. The number of sulfonamides is 1. The Morgan fingerprint density at radius 2 is 2.14 bits per heavy atom. The number of amides is 1. The van der Waals surface area contributed by atoms with Crippen LogP contribution in [0.15, 0.2) is 24.3 Å². The summed E-state index contributed by atoms with van der Waals surface area (Å²) in [6, 6.07) is 6.29. The fourth-order valence-electron chi connectivity index (χ4n) is 2.52. The lowest BCUT2D eigenvalue weighted by atomic mass is 10.0. The van der Waals surface area contributed by atoms with Crippen molar-refractivity contribution >= 4 is 27.3 Å². The lowest BCUT2D eigenvalue weighted by molar-refractivity contribution is -0.117. The van der Waals surface area contributed by atoms with Crippen LogP contribution in [0, 0.1) is 5.92 Å². The summed E-state index contributed by atoms with van der Waals surface area (Å²) in [4.78, 5) is 12.0. The molecule has 1 saturated heterocycles. The van der Waals surface area contributed by atoms with E-state index in [0.717, 1.165) is 0 Å². The predicted octanol–water partition coefficient (Wildman–Crippen LogP) is 1.54. The topological polar surface area (TPSA) is 92.5 Å². The van der Waals surface area contributed by atoms with Gasteiger partial charge >= 0.3 is 0 Å². The molecule has 1 atom stereocenters. The van der Waals surface area contributed by atoms with E-state index in [1.807, 2.05) is 13.8 Å². The number of carbonyl (C=O) groups is 1. The number of carbonyl (C=O) groups excluding carboxylic acids is 1. The third-order valence-corrected chi connectivity index (χ3v) is 5.43. The second-order valence-corrected chi connectivity index (χ2v) is 8.03. The predicted molar refractivity (Wildman–Crippen MR) is 88.3 cm³/mol. The van der Waals surface area contributed by atoms with Gasteiger partial charge in [0, 0.05) is 12.2 Å². The molecule has 0 aromatic heterocycles. The maximum absolute atomic E-state index is 12.0. The molecular weight excluding hydrogens is 302 g/mol. The molecule has 1 aliphatic heterocycles. The van der Waals surface area contributed by atoms with Gasteiger partial charge in [-0.05, 0) is 37.0 Å². The standard InChI is InChI=1S/C15H23N3O3S/c1-11(2)9-14(16)15(19)17-12-5-3-6-13(10-12)18-7-4-8-22(18,20)21/h3,5-6,10-11,14H,4,7-9,16H2,1-2H3,(H,17,19)/t14-/m0/s1. The van der Waals surface area contributed by atoms with Crippen molar-refractivity contribution in [1.82, 2.24) is 0 Å². The largest absolute Gasteiger partial charge is 0.325 e. The molecule has 0 radical (unpaired) electrons. The Balaban J connectivity index is 2.11. The van der Waals surface area contributed by atoms with E-state index in [1.54, 1.807) is 24.3 Å². The lowest BCUT2D eigenvalue weighted by Gasteiger charge is -2.18. The van der Waals surface area contributed by atoms with Crippen molar-refractivity contribution in [3.8, 4) is 0 Å². The summed E-state index contributed by atoms with van der Waals surface area (Å²) < 4.78 is 25.3. The molecule has 6 nitrogen and oxygen atoms in total. The maximum atomic E-state index is 12.0. The van der Waals surface area contributed by atoms with Gasteiger partial charge < -0.3 is 11.1 Å². The first-order valence-corrected chi connectivity index (χ1v) is 9.07. The fraction of sp³-hybridized carbons (Fsp3) is 0.533. The summed E-state index contributed by atoms with van der Waals surface area (Å²) in [6.45, 7) is 4.49. The molecule has 0 saturated carbocycles. The molecule has 122 valence electrons. The molecule has 0 unspecified atom stereocenters. The molecule has 1 heterocycles. The normalized spacial score (nSPS) is 18.5. The summed E-state index contributed by atoms with van der Waals surface area (Å²) in [5.74, 6) is 0.250. The number of benzene rings is 1. The summed E-state index contributed by atoms with van der Waals surface area (Å²) in [5, 5.41) is 2.75. The van der Waals surface area contributed by atoms with Crippen LogP contribution in [-0.4, -0.2) is 32.7 Å². The van der Waals surface area contributed by atoms with E-state index in [2.05, 4.69) is 5.32 Å². The molecule has 3 N–H and O–H groups in total. The van der Waals surface area contributed by atoms with Crippen LogP contribution < -0.4 is 15.4 Å². The van der Waals surface area contributed by atoms with Gasteiger partial charge in [0.05, 0.1) is 17.5 Å². The third kappa shape index (κ3) is 3.98. The number of nitrogens with one attached hydrogen (secondary N) is 1. The summed E-state index contributed by atoms with van der Waals surface area (Å²) in [5.41, 5.74) is 6.99. The van der Waals surface area contributed by atoms with Crippen molar-refractivity contribution in [1.29, 1.82) is 0 Å². The zero-order valence-electron chi connectivity index (χ0n) is 13.0.